The van der Waals surface area contributed by atoms with Crippen LogP contribution in [-0.4, -0.2) is 30.3 Å². The van der Waals surface area contributed by atoms with Gasteiger partial charge in [-0.25, -0.2) is 8.42 Å². The van der Waals surface area contributed by atoms with Crippen LogP contribution < -0.4 is 5.73 Å². The number of rotatable bonds is 6. The van der Waals surface area contributed by atoms with Gasteiger partial charge in [-0.05, 0) is 32.0 Å². The van der Waals surface area contributed by atoms with Crippen molar-refractivity contribution in [1.82, 2.24) is 4.31 Å². The van der Waals surface area contributed by atoms with Gasteiger partial charge in [0.25, 0.3) is 0 Å². The Kier molecular flexibility index (Phi) is 6.22. The maximum atomic E-state index is 12.7. The van der Waals surface area contributed by atoms with E-state index in [0.29, 0.717) is 11.4 Å². The quantitative estimate of drug-likeness (QED) is 0.797. The second kappa shape index (κ2) is 7.04. The number of nitrogens with two attached hydrogens (primary N) is 1. The maximum absolute atomic E-state index is 12.7. The van der Waals surface area contributed by atoms with Crippen LogP contribution >= 0.6 is 35.4 Å². The Morgan fingerprint density at radius 2 is 2.00 bits per heavy atom. The third-order valence-electron chi connectivity index (χ3n) is 2.63. The monoisotopic (exact) mass is 354 g/mol. The highest BCUT2D eigenvalue weighted by Gasteiger charge is 2.29. The molecule has 2 N–H and O–H groups in total. The summed E-state index contributed by atoms with van der Waals surface area (Å²) in [5.41, 5.74) is 5.44. The summed E-state index contributed by atoms with van der Waals surface area (Å²) in [5, 5.41) is 0.446. The molecule has 0 atom stereocenters. The fraction of sp³-hybridized carbons (Fsp3) is 0.417. The highest BCUT2D eigenvalue weighted by atomic mass is 35.5. The van der Waals surface area contributed by atoms with E-state index < -0.39 is 10.0 Å². The van der Waals surface area contributed by atoms with Gasteiger partial charge in [0.15, 0.2) is 0 Å². The second-order valence-electron chi connectivity index (χ2n) is 4.50. The first-order chi connectivity index (χ1) is 9.16. The van der Waals surface area contributed by atoms with Crippen LogP contribution in [-0.2, 0) is 10.0 Å². The van der Waals surface area contributed by atoms with Crippen molar-refractivity contribution in [2.75, 3.05) is 6.54 Å². The van der Waals surface area contributed by atoms with Crippen molar-refractivity contribution in [1.29, 1.82) is 0 Å². The maximum Gasteiger partial charge on any atom is 0.244 e. The van der Waals surface area contributed by atoms with E-state index in [1.165, 1.54) is 22.5 Å². The van der Waals surface area contributed by atoms with E-state index in [-0.39, 0.29) is 27.5 Å². The Morgan fingerprint density at radius 1 is 1.40 bits per heavy atom. The average molecular weight is 355 g/mol. The normalized spacial score (nSPS) is 12.1. The molecule has 0 unspecified atom stereocenters. The minimum absolute atomic E-state index is 0.0108. The lowest BCUT2D eigenvalue weighted by Crippen LogP contribution is -2.39. The zero-order valence-electron chi connectivity index (χ0n) is 11.1. The molecule has 0 spiro atoms. The number of nitrogens with zero attached hydrogens (tertiary/aromatic N) is 1. The molecule has 0 aliphatic carbocycles. The third-order valence-corrected chi connectivity index (χ3v) is 5.63. The number of sulfonamides is 1. The molecule has 0 heterocycles. The van der Waals surface area contributed by atoms with Crippen molar-refractivity contribution in [3.8, 4) is 0 Å². The van der Waals surface area contributed by atoms with Gasteiger partial charge in [-0.1, -0.05) is 35.4 Å². The standard InChI is InChI=1S/C12H16Cl2N2O2S2/c1-8(2)16(6-5-12(15)19)20(17,18)11-7-9(13)3-4-10(11)14/h3-4,7-8H,5-6H2,1-2H3,(H2,15,19). The molecular weight excluding hydrogens is 339 g/mol. The van der Waals surface area contributed by atoms with E-state index in [1.807, 2.05) is 0 Å². The lowest BCUT2D eigenvalue weighted by atomic mass is 10.3. The molecule has 20 heavy (non-hydrogen) atoms. The Labute approximate surface area is 134 Å². The third kappa shape index (κ3) is 4.30. The molecule has 1 aromatic rings. The predicted molar refractivity (Wildman–Crippen MR) is 86.9 cm³/mol. The van der Waals surface area contributed by atoms with Crippen LogP contribution in [0.4, 0.5) is 0 Å². The summed E-state index contributed by atoms with van der Waals surface area (Å²) in [6, 6.07) is 4.10. The predicted octanol–water partition coefficient (Wildman–Crippen LogP) is 3.07. The van der Waals surface area contributed by atoms with E-state index in [0.717, 1.165) is 0 Å². The zero-order chi connectivity index (χ0) is 15.5. The largest absolute Gasteiger partial charge is 0.393 e. The second-order valence-corrected chi connectivity index (χ2v) is 7.73. The molecule has 0 aromatic heterocycles. The lowest BCUT2D eigenvalue weighted by molar-refractivity contribution is 0.362. The van der Waals surface area contributed by atoms with Crippen LogP contribution in [0.3, 0.4) is 0 Å². The molecule has 0 fully saturated rings. The fourth-order valence-electron chi connectivity index (χ4n) is 1.68. The molecule has 0 aliphatic heterocycles. The van der Waals surface area contributed by atoms with Crippen LogP contribution in [0.25, 0.3) is 0 Å². The first kappa shape index (κ1) is 17.7. The van der Waals surface area contributed by atoms with Crippen LogP contribution in [0, 0.1) is 0 Å². The van der Waals surface area contributed by atoms with Crippen molar-refractivity contribution in [2.45, 2.75) is 31.2 Å². The highest BCUT2D eigenvalue weighted by molar-refractivity contribution is 7.89. The van der Waals surface area contributed by atoms with Gasteiger partial charge in [-0.2, -0.15) is 4.31 Å². The Balaban J connectivity index is 3.22. The van der Waals surface area contributed by atoms with Crippen LogP contribution in [0.15, 0.2) is 23.1 Å². The van der Waals surface area contributed by atoms with Crippen molar-refractivity contribution in [3.63, 3.8) is 0 Å². The lowest BCUT2D eigenvalue weighted by Gasteiger charge is -2.26. The van der Waals surface area contributed by atoms with Crippen molar-refractivity contribution in [3.05, 3.63) is 28.2 Å². The minimum atomic E-state index is -3.75. The first-order valence-electron chi connectivity index (χ1n) is 5.91. The molecule has 1 rings (SSSR count). The molecule has 4 nitrogen and oxygen atoms in total. The van der Waals surface area contributed by atoms with E-state index in [9.17, 15) is 8.42 Å². The van der Waals surface area contributed by atoms with Crippen molar-refractivity contribution < 1.29 is 8.42 Å². The molecule has 0 radical (unpaired) electrons. The van der Waals surface area contributed by atoms with Gasteiger partial charge in [-0.15, -0.1) is 0 Å². The molecule has 0 saturated carbocycles. The van der Waals surface area contributed by atoms with E-state index in [2.05, 4.69) is 0 Å². The van der Waals surface area contributed by atoms with Gasteiger partial charge in [0.1, 0.15) is 4.90 Å². The summed E-state index contributed by atoms with van der Waals surface area (Å²) in [7, 11) is -3.75. The summed E-state index contributed by atoms with van der Waals surface area (Å²) in [6.07, 6.45) is 0.310. The van der Waals surface area contributed by atoms with E-state index in [4.69, 9.17) is 41.2 Å². The van der Waals surface area contributed by atoms with Crippen LogP contribution in [0.1, 0.15) is 20.3 Å². The van der Waals surface area contributed by atoms with E-state index in [1.54, 1.807) is 13.8 Å². The smallest absolute Gasteiger partial charge is 0.244 e. The molecular formula is C12H16Cl2N2O2S2. The molecule has 1 aromatic carbocycles. The first-order valence-corrected chi connectivity index (χ1v) is 8.52. The zero-order valence-corrected chi connectivity index (χ0v) is 14.3. The Morgan fingerprint density at radius 3 is 2.50 bits per heavy atom. The molecule has 112 valence electrons. The number of benzene rings is 1. The summed E-state index contributed by atoms with van der Waals surface area (Å²) in [5.74, 6) is 0. The molecule has 0 aliphatic rings. The fourth-order valence-corrected chi connectivity index (χ4v) is 4.15. The number of hydrogen-bond donors (Lipinski definition) is 1. The van der Waals surface area contributed by atoms with Gasteiger partial charge in [-0.3, -0.25) is 0 Å². The van der Waals surface area contributed by atoms with Crippen molar-refractivity contribution >= 4 is 50.4 Å². The number of hydrogen-bond acceptors (Lipinski definition) is 3. The summed E-state index contributed by atoms with van der Waals surface area (Å²) in [4.78, 5) is 0.256. The van der Waals surface area contributed by atoms with Gasteiger partial charge >= 0.3 is 0 Å². The topological polar surface area (TPSA) is 63.4 Å². The Bertz CT molecular complexity index is 603. The average Bonchev–Trinajstić information content (AvgIpc) is 2.31. The Hall–Kier alpha value is -0.400. The number of thiocarbonyl (C=S) groups is 1. The van der Waals surface area contributed by atoms with Gasteiger partial charge in [0.2, 0.25) is 10.0 Å². The van der Waals surface area contributed by atoms with E-state index >= 15 is 0 Å². The molecule has 0 bridgehead atoms. The summed E-state index contributed by atoms with van der Waals surface area (Å²) >= 11 is 16.6. The summed E-state index contributed by atoms with van der Waals surface area (Å²) < 4.78 is 26.6. The summed E-state index contributed by atoms with van der Waals surface area (Å²) in [6.45, 7) is 3.75. The van der Waals surface area contributed by atoms with Crippen LogP contribution in [0.5, 0.6) is 0 Å². The molecule has 8 heteroatoms. The highest BCUT2D eigenvalue weighted by Crippen LogP contribution is 2.28. The van der Waals surface area contributed by atoms with Crippen LogP contribution in [0.2, 0.25) is 10.0 Å². The molecule has 0 amide bonds. The number of halogens is 2. The minimum Gasteiger partial charge on any atom is -0.393 e. The van der Waals surface area contributed by atoms with Gasteiger partial charge in [0.05, 0.1) is 10.0 Å². The van der Waals surface area contributed by atoms with Gasteiger partial charge in [0, 0.05) is 24.0 Å². The molecule has 0 saturated heterocycles. The van der Waals surface area contributed by atoms with Gasteiger partial charge < -0.3 is 5.73 Å². The van der Waals surface area contributed by atoms with Crippen molar-refractivity contribution in [2.24, 2.45) is 5.73 Å². The SMILES string of the molecule is CC(C)N(CCC(N)=S)S(=O)(=O)c1cc(Cl)ccc1Cl.